The van der Waals surface area contributed by atoms with Crippen LogP contribution in [0.2, 0.25) is 0 Å². The molecule has 1 aromatic heterocycles. The van der Waals surface area contributed by atoms with Crippen molar-refractivity contribution in [2.24, 2.45) is 11.8 Å². The molecule has 2 N–H and O–H groups in total. The summed E-state index contributed by atoms with van der Waals surface area (Å²) in [5, 5.41) is 7.02. The van der Waals surface area contributed by atoms with E-state index in [2.05, 4.69) is 40.3 Å². The van der Waals surface area contributed by atoms with Crippen molar-refractivity contribution in [1.82, 2.24) is 15.3 Å². The van der Waals surface area contributed by atoms with Gasteiger partial charge in [0.15, 0.2) is 5.11 Å². The average Bonchev–Trinajstić information content (AvgIpc) is 2.83. The second-order valence-corrected chi connectivity index (χ2v) is 9.83. The number of hydrogen-bond acceptors (Lipinski definition) is 6. The molecule has 178 valence electrons. The van der Waals surface area contributed by atoms with Gasteiger partial charge in [0.2, 0.25) is 5.95 Å². The predicted molar refractivity (Wildman–Crippen MR) is 139 cm³/mol. The van der Waals surface area contributed by atoms with Crippen LogP contribution >= 0.6 is 12.2 Å². The average molecular weight is 469 g/mol. The minimum Gasteiger partial charge on any atom is -0.497 e. The summed E-state index contributed by atoms with van der Waals surface area (Å²) >= 11 is 5.56. The van der Waals surface area contributed by atoms with Crippen molar-refractivity contribution in [2.45, 2.75) is 46.1 Å². The molecule has 4 rings (SSSR count). The highest BCUT2D eigenvalue weighted by Gasteiger charge is 2.22. The van der Waals surface area contributed by atoms with E-state index in [0.29, 0.717) is 23.5 Å². The van der Waals surface area contributed by atoms with E-state index >= 15 is 0 Å². The molecular weight excluding hydrogens is 432 g/mol. The van der Waals surface area contributed by atoms with Crippen LogP contribution in [0, 0.1) is 11.8 Å². The van der Waals surface area contributed by atoms with Crippen LogP contribution in [-0.4, -0.2) is 48.4 Å². The lowest BCUT2D eigenvalue weighted by atomic mass is 9.99. The van der Waals surface area contributed by atoms with Gasteiger partial charge in [0, 0.05) is 38.8 Å². The lowest BCUT2D eigenvalue weighted by Crippen LogP contribution is -2.37. The molecule has 7 nitrogen and oxygen atoms in total. The number of anilines is 3. The molecule has 2 saturated heterocycles. The van der Waals surface area contributed by atoms with E-state index < -0.39 is 0 Å². The summed E-state index contributed by atoms with van der Waals surface area (Å²) < 4.78 is 5.23. The van der Waals surface area contributed by atoms with Crippen molar-refractivity contribution in [3.05, 3.63) is 35.9 Å². The molecule has 1 atom stereocenters. The maximum Gasteiger partial charge on any atom is 0.232 e. The van der Waals surface area contributed by atoms with Gasteiger partial charge in [-0.25, -0.2) is 0 Å². The first-order chi connectivity index (χ1) is 16.0. The first kappa shape index (κ1) is 23.5. The monoisotopic (exact) mass is 468 g/mol. The second-order valence-electron chi connectivity index (χ2n) is 9.43. The summed E-state index contributed by atoms with van der Waals surface area (Å²) in [6.07, 6.45) is 4.88. The third kappa shape index (κ3) is 6.47. The molecule has 2 aliphatic rings. The van der Waals surface area contributed by atoms with Crippen LogP contribution in [0.3, 0.4) is 0 Å². The fourth-order valence-electron chi connectivity index (χ4n) is 4.51. The maximum absolute atomic E-state index is 5.56. The van der Waals surface area contributed by atoms with Gasteiger partial charge in [-0.15, -0.1) is 0 Å². The predicted octanol–water partition coefficient (Wildman–Crippen LogP) is 4.44. The van der Waals surface area contributed by atoms with E-state index in [4.69, 9.17) is 26.9 Å². The number of thiocarbonyl (C=S) groups is 1. The molecule has 3 heterocycles. The van der Waals surface area contributed by atoms with E-state index in [1.807, 2.05) is 24.3 Å². The summed E-state index contributed by atoms with van der Waals surface area (Å²) in [4.78, 5) is 14.5. The number of piperidine rings is 2. The Labute approximate surface area is 202 Å². The molecule has 8 heteroatoms. The van der Waals surface area contributed by atoms with Crippen molar-refractivity contribution in [3.63, 3.8) is 0 Å². The Morgan fingerprint density at radius 3 is 2.36 bits per heavy atom. The summed E-state index contributed by atoms with van der Waals surface area (Å²) in [7, 11) is 1.67. The normalized spacial score (nSPS) is 19.3. The third-order valence-corrected chi connectivity index (χ3v) is 6.87. The Hall–Kier alpha value is -2.61. The van der Waals surface area contributed by atoms with Crippen LogP contribution in [-0.2, 0) is 6.54 Å². The van der Waals surface area contributed by atoms with Crippen molar-refractivity contribution in [3.8, 4) is 5.75 Å². The fourth-order valence-corrected chi connectivity index (χ4v) is 4.67. The van der Waals surface area contributed by atoms with E-state index in [1.165, 1.54) is 25.7 Å². The number of benzene rings is 1. The molecule has 0 spiro atoms. The molecule has 0 bridgehead atoms. The Kier molecular flexibility index (Phi) is 7.85. The van der Waals surface area contributed by atoms with Gasteiger partial charge in [-0.1, -0.05) is 26.0 Å². The number of hydrogen-bond donors (Lipinski definition) is 2. The second kappa shape index (κ2) is 11.0. The standard InChI is InChI=1S/C25H36N6OS/c1-18-10-13-30(14-11-18)22-15-23(31-12-4-5-19(2)17-31)28-24(27-22)29-25(33)26-16-20-6-8-21(32-3)9-7-20/h6-9,15,18-19H,4-5,10-14,16-17H2,1-3H3,(H2,26,27,28,29,33)/t19-/m0/s1. The van der Waals surface area contributed by atoms with E-state index in [-0.39, 0.29) is 0 Å². The minimum absolute atomic E-state index is 0.521. The molecule has 0 aliphatic carbocycles. The minimum atomic E-state index is 0.521. The Bertz CT molecular complexity index is 929. The molecule has 2 fully saturated rings. The van der Waals surface area contributed by atoms with Crippen LogP contribution in [0.5, 0.6) is 5.75 Å². The van der Waals surface area contributed by atoms with E-state index in [0.717, 1.165) is 55.0 Å². The lowest BCUT2D eigenvalue weighted by molar-refractivity contribution is 0.414. The van der Waals surface area contributed by atoms with Gasteiger partial charge in [0.1, 0.15) is 17.4 Å². The van der Waals surface area contributed by atoms with Gasteiger partial charge in [-0.05, 0) is 67.4 Å². The lowest BCUT2D eigenvalue weighted by Gasteiger charge is -2.34. The van der Waals surface area contributed by atoms with Crippen molar-refractivity contribution in [2.75, 3.05) is 48.4 Å². The van der Waals surface area contributed by atoms with Crippen LogP contribution in [0.15, 0.2) is 30.3 Å². The number of rotatable bonds is 6. The molecule has 2 aliphatic heterocycles. The number of nitrogens with one attached hydrogen (secondary N) is 2. The van der Waals surface area contributed by atoms with Gasteiger partial charge < -0.3 is 25.2 Å². The maximum atomic E-state index is 5.56. The zero-order chi connectivity index (χ0) is 23.2. The molecule has 0 saturated carbocycles. The highest BCUT2D eigenvalue weighted by atomic mass is 32.1. The summed E-state index contributed by atoms with van der Waals surface area (Å²) in [6, 6.07) is 10.1. The van der Waals surface area contributed by atoms with E-state index in [9.17, 15) is 0 Å². The Balaban J connectivity index is 1.47. The number of nitrogens with zero attached hydrogens (tertiary/aromatic N) is 4. The molecule has 0 amide bonds. The zero-order valence-electron chi connectivity index (χ0n) is 20.0. The van der Waals surface area contributed by atoms with Gasteiger partial charge in [-0.3, -0.25) is 0 Å². The fraction of sp³-hybridized carbons (Fsp3) is 0.560. The van der Waals surface area contributed by atoms with Gasteiger partial charge in [0.25, 0.3) is 0 Å². The topological polar surface area (TPSA) is 65.6 Å². The largest absolute Gasteiger partial charge is 0.497 e. The molecule has 1 aromatic carbocycles. The molecule has 33 heavy (non-hydrogen) atoms. The first-order valence-electron chi connectivity index (χ1n) is 12.1. The van der Waals surface area contributed by atoms with Crippen molar-refractivity contribution < 1.29 is 4.74 Å². The number of aromatic nitrogens is 2. The molecular formula is C25H36N6OS. The van der Waals surface area contributed by atoms with Crippen LogP contribution in [0.1, 0.15) is 45.1 Å². The van der Waals surface area contributed by atoms with Gasteiger partial charge >= 0.3 is 0 Å². The summed E-state index contributed by atoms with van der Waals surface area (Å²) in [5.41, 5.74) is 1.13. The number of ether oxygens (including phenoxy) is 1. The third-order valence-electron chi connectivity index (χ3n) is 6.63. The van der Waals surface area contributed by atoms with Gasteiger partial charge in [-0.2, -0.15) is 9.97 Å². The molecule has 0 unspecified atom stereocenters. The summed E-state index contributed by atoms with van der Waals surface area (Å²) in [6.45, 7) is 9.41. The number of methoxy groups -OCH3 is 1. The van der Waals surface area contributed by atoms with Crippen molar-refractivity contribution in [1.29, 1.82) is 0 Å². The quantitative estimate of drug-likeness (QED) is 0.603. The molecule has 2 aromatic rings. The highest BCUT2D eigenvalue weighted by molar-refractivity contribution is 7.80. The highest BCUT2D eigenvalue weighted by Crippen LogP contribution is 2.28. The Morgan fingerprint density at radius 2 is 1.70 bits per heavy atom. The molecule has 0 radical (unpaired) electrons. The summed E-state index contributed by atoms with van der Waals surface area (Å²) in [5.74, 6) is 4.84. The SMILES string of the molecule is COc1ccc(CNC(=S)Nc2nc(N3CCC(C)CC3)cc(N3CCC[C@H](C)C3)n2)cc1. The Morgan fingerprint density at radius 1 is 1.00 bits per heavy atom. The zero-order valence-corrected chi connectivity index (χ0v) is 20.8. The van der Waals surface area contributed by atoms with Crippen LogP contribution in [0.25, 0.3) is 0 Å². The smallest absolute Gasteiger partial charge is 0.232 e. The van der Waals surface area contributed by atoms with Crippen LogP contribution in [0.4, 0.5) is 17.6 Å². The van der Waals surface area contributed by atoms with Crippen LogP contribution < -0.4 is 25.2 Å². The van der Waals surface area contributed by atoms with Gasteiger partial charge in [0.05, 0.1) is 7.11 Å². The van der Waals surface area contributed by atoms with Crippen molar-refractivity contribution >= 4 is 34.9 Å². The first-order valence-corrected chi connectivity index (χ1v) is 12.5. The van der Waals surface area contributed by atoms with E-state index in [1.54, 1.807) is 7.11 Å².